The summed E-state index contributed by atoms with van der Waals surface area (Å²) in [5.41, 5.74) is 28.9. The van der Waals surface area contributed by atoms with Gasteiger partial charge in [-0.2, -0.15) is 5.11 Å². The number of nitrogens with two attached hydrogens (primary N) is 5. The van der Waals surface area contributed by atoms with Gasteiger partial charge in [0.1, 0.15) is 12.6 Å². The van der Waals surface area contributed by atoms with Crippen LogP contribution >= 0.6 is 0 Å². The van der Waals surface area contributed by atoms with Crippen LogP contribution in [0, 0.1) is 71.9 Å². The van der Waals surface area contributed by atoms with Gasteiger partial charge < -0.3 is 64.8 Å². The van der Waals surface area contributed by atoms with Crippen molar-refractivity contribution in [3.63, 3.8) is 0 Å². The van der Waals surface area contributed by atoms with Crippen molar-refractivity contribution in [1.29, 1.82) is 0 Å². The number of urea groups is 1. The highest BCUT2D eigenvalue weighted by molar-refractivity contribution is 6.34. The predicted molar refractivity (Wildman–Crippen MR) is 444 cm³/mol. The lowest BCUT2D eigenvalue weighted by Crippen LogP contribution is -2.36. The highest BCUT2D eigenvalue weighted by atomic mass is 16.4. The minimum Gasteiger partial charge on any atom is -0.481 e. The molecule has 0 spiro atoms. The van der Waals surface area contributed by atoms with Crippen molar-refractivity contribution in [1.82, 2.24) is 10.6 Å². The number of hydrogen-bond acceptors (Lipinski definition) is 14. The van der Waals surface area contributed by atoms with Crippen molar-refractivity contribution in [2.24, 2.45) is 116 Å². The van der Waals surface area contributed by atoms with Gasteiger partial charge in [0.05, 0.1) is 24.2 Å². The Morgan fingerprint density at radius 2 is 0.813 bits per heavy atom. The smallest absolute Gasteiger partial charge is 0.320 e. The first kappa shape index (κ1) is 115. The van der Waals surface area contributed by atoms with E-state index in [1.165, 1.54) is 25.7 Å². The highest BCUT2D eigenvalue weighted by Gasteiger charge is 2.32. The maximum Gasteiger partial charge on any atom is 0.320 e. The second-order valence-electron chi connectivity index (χ2n) is 41.2. The third-order valence-corrected chi connectivity index (χ3v) is 17.0. The van der Waals surface area contributed by atoms with Crippen LogP contribution in [0.25, 0.3) is 0 Å². The molecular weight excluding hydrogens is 1360 g/mol. The number of carbonyl (C=O) groups is 8. The maximum absolute atomic E-state index is 10.7. The van der Waals surface area contributed by atoms with Gasteiger partial charge in [0.2, 0.25) is 11.8 Å². The van der Waals surface area contributed by atoms with E-state index in [1.54, 1.807) is 0 Å². The van der Waals surface area contributed by atoms with E-state index in [9.17, 15) is 43.5 Å². The zero-order chi connectivity index (χ0) is 85.8. The maximum atomic E-state index is 10.7. The SMILES string of the molecule is CC(C)(C)C1CCC(C(=O)O)CC1.CC(C)(C)C1CCC(O)CC1.CC(C)(C)CC(=O)O.CC(C)(C)CC(N)=O.CC(C)(C)CCCC(N)=O.CC(C)(C)CCCC1=NN=NC1.CC(C)(C)CCCCC(N)C(=O)O.CC(C)(C)CCCNC(=O)C(N)=O.CC(C)(C)CCCNC(N)=O.CC(C)(C)CCCO. The molecule has 0 aromatic rings. The molecule has 1 atom stereocenters. The van der Waals surface area contributed by atoms with Gasteiger partial charge in [-0.1, -0.05) is 221 Å². The molecule has 0 bridgehead atoms. The largest absolute Gasteiger partial charge is 0.481 e. The molecule has 0 aromatic heterocycles. The molecule has 3 aliphatic rings. The molecule has 23 heteroatoms. The number of aliphatic carboxylic acids is 3. The Balaban J connectivity index is -0.000000209. The van der Waals surface area contributed by atoms with Gasteiger partial charge in [0, 0.05) is 32.5 Å². The second-order valence-corrected chi connectivity index (χ2v) is 41.2. The van der Waals surface area contributed by atoms with Crippen LogP contribution < -0.4 is 39.3 Å². The number of carboxylic acids is 3. The van der Waals surface area contributed by atoms with Crippen molar-refractivity contribution >= 4 is 53.3 Å². The van der Waals surface area contributed by atoms with Crippen LogP contribution in [0.15, 0.2) is 15.4 Å². The van der Waals surface area contributed by atoms with Crippen LogP contribution in [0.5, 0.6) is 0 Å². The van der Waals surface area contributed by atoms with E-state index in [1.807, 2.05) is 41.5 Å². The Morgan fingerprint density at radius 3 is 1.08 bits per heavy atom. The molecule has 3 rings (SSSR count). The molecule has 2 fully saturated rings. The Morgan fingerprint density at radius 1 is 0.449 bits per heavy atom. The molecule has 2 saturated carbocycles. The fourth-order valence-corrected chi connectivity index (χ4v) is 10.6. The summed E-state index contributed by atoms with van der Waals surface area (Å²) in [4.78, 5) is 82.9. The van der Waals surface area contributed by atoms with Gasteiger partial charge in [-0.3, -0.25) is 33.6 Å². The van der Waals surface area contributed by atoms with Crippen molar-refractivity contribution in [2.45, 2.75) is 387 Å². The predicted octanol–water partition coefficient (Wildman–Crippen LogP) is 18.3. The number of hydrogen-bond donors (Lipinski definition) is 12. The molecule has 0 saturated heterocycles. The molecule has 0 radical (unpaired) electrons. The molecule has 1 aliphatic heterocycles. The minimum atomic E-state index is -0.921. The van der Waals surface area contributed by atoms with Gasteiger partial charge in [-0.05, 0) is 206 Å². The van der Waals surface area contributed by atoms with Crippen molar-refractivity contribution in [3.8, 4) is 0 Å². The van der Waals surface area contributed by atoms with Crippen LogP contribution in [-0.2, 0) is 33.6 Å². The molecule has 17 N–H and O–H groups in total. The number of carbonyl (C=O) groups excluding carboxylic acids is 5. The average Bonchev–Trinajstić information content (AvgIpc) is 1.32. The molecule has 1 unspecified atom stereocenters. The summed E-state index contributed by atoms with van der Waals surface area (Å²) < 4.78 is 0. The Bertz CT molecular complexity index is 2410. The molecule has 636 valence electrons. The van der Waals surface area contributed by atoms with Crippen LogP contribution in [0.2, 0.25) is 0 Å². The number of primary amides is 4. The number of rotatable bonds is 22. The lowest BCUT2D eigenvalue weighted by Gasteiger charge is -2.35. The van der Waals surface area contributed by atoms with E-state index >= 15 is 0 Å². The number of aliphatic hydroxyl groups excluding tert-OH is 2. The van der Waals surface area contributed by atoms with Gasteiger partial charge >= 0.3 is 35.8 Å². The topological polar surface area (TPSA) is 429 Å². The molecule has 23 nitrogen and oxygen atoms in total. The fraction of sp³-hybridized carbons (Fsp3) is 0.893. The highest BCUT2D eigenvalue weighted by Crippen LogP contribution is 2.40. The van der Waals surface area contributed by atoms with Gasteiger partial charge in [-0.15, -0.1) is 5.10 Å². The Kier molecular flexibility index (Phi) is 62.0. The summed E-state index contributed by atoms with van der Waals surface area (Å²) in [5, 5.41) is 59.6. The summed E-state index contributed by atoms with van der Waals surface area (Å²) in [6.45, 7) is 66.9. The third-order valence-electron chi connectivity index (χ3n) is 17.0. The van der Waals surface area contributed by atoms with E-state index in [-0.39, 0.29) is 46.5 Å². The van der Waals surface area contributed by atoms with Crippen molar-refractivity contribution < 1.29 is 63.9 Å². The third kappa shape index (κ3) is 101. The van der Waals surface area contributed by atoms with Gasteiger partial charge in [-0.25, -0.2) is 4.79 Å². The van der Waals surface area contributed by atoms with E-state index in [0.717, 1.165) is 134 Å². The lowest BCUT2D eigenvalue weighted by molar-refractivity contribution is -0.143. The van der Waals surface area contributed by atoms with Gasteiger partial charge in [0.15, 0.2) is 0 Å². The Hall–Kier alpha value is -5.29. The standard InChI is InChI=1S/C11H20O2.C10H21NO2.C10H20O.C9H17N3.C9H18N2O2.C8H18N2O.C8H17NO.C7H16O.C6H13NO.C6H12O2/c1-11(2,3)9-6-4-8(5-7-9)10(12)13;1-10(2,3)7-5-4-6-8(11)9(12)13;1-10(2,3)8-4-6-9(11)7-5-8;1-9(2,3)6-4-5-8-7-10-12-11-8;1-9(2,3)5-4-6-11-8(13)7(10)12;1-8(2,3)5-4-6-10-7(9)11;1-8(2,3)6-4-5-7(9)10;1-7(2,3)5-4-6-8;2*1-6(2,3)4-5(7)8/h8-9H,4-7H2,1-3H3,(H,12,13);8H,4-7,11H2,1-3H3,(H,12,13);8-9,11H,4-7H2,1-3H3;4-7H2,1-3H3;4-6H2,1-3H3,(H2,10,12)(H,11,13);4-6H2,1-3H3,(H3,9,10,11);4-6H2,1-3H3,(H2,9,10);8H,4-6H2,1-3H3;4H2,1-3H3,(H2,7,8);4H2,1-3H3,(H,7,8). The summed E-state index contributed by atoms with van der Waals surface area (Å²) in [6.07, 6.45) is 24.8. The first-order chi connectivity index (χ1) is 47.9. The molecule has 1 heterocycles. The number of carboxylic acid groups (broad SMARTS) is 3. The van der Waals surface area contributed by atoms with Crippen LogP contribution in [0.4, 0.5) is 4.79 Å². The summed E-state index contributed by atoms with van der Waals surface area (Å²) in [6, 6.07) is -1.11. The summed E-state index contributed by atoms with van der Waals surface area (Å²) >= 11 is 0. The quantitative estimate of drug-likeness (QED) is 0.0354. The first-order valence-electron chi connectivity index (χ1n) is 39.7. The van der Waals surface area contributed by atoms with E-state index in [4.69, 9.17) is 49.1 Å². The number of aliphatic hydroxyl groups is 2. The van der Waals surface area contributed by atoms with Gasteiger partial charge in [0.25, 0.3) is 0 Å². The number of amides is 6. The monoisotopic (exact) mass is 1530 g/mol. The molecule has 0 aromatic carbocycles. The molecular formula is C84H172N10O13. The first-order valence-corrected chi connectivity index (χ1v) is 39.7. The number of nitrogens with one attached hydrogen (secondary N) is 2. The zero-order valence-electron chi connectivity index (χ0n) is 74.3. The molecule has 2 aliphatic carbocycles. The normalized spacial score (nSPS) is 16.9. The zero-order valence-corrected chi connectivity index (χ0v) is 74.3. The minimum absolute atomic E-state index is 0.00593. The van der Waals surface area contributed by atoms with Crippen LogP contribution in [0.1, 0.15) is 375 Å². The van der Waals surface area contributed by atoms with E-state index in [2.05, 4.69) is 192 Å². The lowest BCUT2D eigenvalue weighted by atomic mass is 9.70. The van der Waals surface area contributed by atoms with Crippen molar-refractivity contribution in [2.75, 3.05) is 26.2 Å². The van der Waals surface area contributed by atoms with Crippen LogP contribution in [-0.4, -0.2) is 117 Å². The Labute approximate surface area is 653 Å². The summed E-state index contributed by atoms with van der Waals surface area (Å²) in [7, 11) is 0. The second kappa shape index (κ2) is 57.7. The van der Waals surface area contributed by atoms with E-state index in [0.29, 0.717) is 82.8 Å². The molecule has 107 heavy (non-hydrogen) atoms. The number of nitrogens with zero attached hydrogens (tertiary/aromatic N) is 3. The summed E-state index contributed by atoms with van der Waals surface area (Å²) in [5.74, 6) is -2.79. The van der Waals surface area contributed by atoms with E-state index < -0.39 is 41.8 Å². The van der Waals surface area contributed by atoms with Crippen molar-refractivity contribution in [3.05, 3.63) is 0 Å². The number of unbranched alkanes of at least 4 members (excludes halogenated alkanes) is 1. The fourth-order valence-electron chi connectivity index (χ4n) is 10.6. The van der Waals surface area contributed by atoms with Crippen LogP contribution in [0.3, 0.4) is 0 Å². The average molecular weight is 1530 g/mol. The molecule has 6 amide bonds.